The van der Waals surface area contributed by atoms with Crippen molar-refractivity contribution in [2.24, 2.45) is 0 Å². The highest BCUT2D eigenvalue weighted by atomic mass is 19.1. The van der Waals surface area contributed by atoms with E-state index in [-0.39, 0.29) is 11.3 Å². The second-order valence-corrected chi connectivity index (χ2v) is 3.91. The zero-order valence-corrected chi connectivity index (χ0v) is 10.2. The Balaban J connectivity index is 1.92. The molecule has 1 aromatic carbocycles. The van der Waals surface area contributed by atoms with Gasteiger partial charge in [-0.15, -0.1) is 5.10 Å². The summed E-state index contributed by atoms with van der Waals surface area (Å²) in [5, 5.41) is 27.5. The second-order valence-electron chi connectivity index (χ2n) is 3.91. The van der Waals surface area contributed by atoms with E-state index in [0.717, 1.165) is 0 Å². The number of halogens is 1. The van der Waals surface area contributed by atoms with E-state index < -0.39 is 11.8 Å². The van der Waals surface area contributed by atoms with E-state index in [0.29, 0.717) is 18.8 Å². The Kier molecular flexibility index (Phi) is 3.91. The van der Waals surface area contributed by atoms with Gasteiger partial charge in [0.25, 0.3) is 0 Å². The van der Waals surface area contributed by atoms with Gasteiger partial charge in [-0.05, 0) is 18.2 Å². The molecule has 102 valence electrons. The lowest BCUT2D eigenvalue weighted by Gasteiger charge is -2.06. The lowest BCUT2D eigenvalue weighted by Crippen LogP contribution is -2.11. The van der Waals surface area contributed by atoms with Crippen LogP contribution in [0.15, 0.2) is 24.4 Å². The number of carboxylic acid groups (broad SMARTS) is 1. The molecular formula is C12H10FN5O2. The number of hydrogen-bond acceptors (Lipinski definition) is 5. The van der Waals surface area contributed by atoms with Crippen LogP contribution in [0.4, 0.5) is 10.1 Å². The van der Waals surface area contributed by atoms with Crippen LogP contribution in [0.5, 0.6) is 0 Å². The highest BCUT2D eigenvalue weighted by Gasteiger charge is 2.07. The third-order valence-electron chi connectivity index (χ3n) is 2.51. The smallest absolute Gasteiger partial charge is 0.358 e. The maximum Gasteiger partial charge on any atom is 0.358 e. The average Bonchev–Trinajstić information content (AvgIpc) is 2.89. The van der Waals surface area contributed by atoms with Crippen molar-refractivity contribution < 1.29 is 14.3 Å². The maximum atomic E-state index is 13.1. The van der Waals surface area contributed by atoms with Crippen molar-refractivity contribution >= 4 is 11.7 Å². The van der Waals surface area contributed by atoms with E-state index in [4.69, 9.17) is 10.4 Å². The Hall–Kier alpha value is -2.95. The Morgan fingerprint density at radius 1 is 1.55 bits per heavy atom. The summed E-state index contributed by atoms with van der Waals surface area (Å²) in [6.07, 6.45) is 1.31. The molecule has 0 radical (unpaired) electrons. The molecule has 0 aliphatic heterocycles. The van der Waals surface area contributed by atoms with Gasteiger partial charge in [-0.3, -0.25) is 0 Å². The minimum atomic E-state index is -1.14. The fourth-order valence-corrected chi connectivity index (χ4v) is 1.54. The monoisotopic (exact) mass is 275 g/mol. The molecular weight excluding hydrogens is 265 g/mol. The first-order chi connectivity index (χ1) is 9.60. The molecule has 8 heteroatoms. The summed E-state index contributed by atoms with van der Waals surface area (Å²) in [6.45, 7) is 0.818. The molecule has 2 N–H and O–H groups in total. The Morgan fingerprint density at radius 2 is 2.35 bits per heavy atom. The number of benzene rings is 1. The van der Waals surface area contributed by atoms with Crippen LogP contribution in [0.25, 0.3) is 0 Å². The number of aromatic nitrogens is 3. The number of nitrogens with one attached hydrogen (secondary N) is 1. The number of nitrogens with zero attached hydrogens (tertiary/aromatic N) is 4. The predicted molar refractivity (Wildman–Crippen MR) is 66.6 cm³/mol. The number of aromatic carboxylic acids is 1. The number of nitriles is 1. The highest BCUT2D eigenvalue weighted by molar-refractivity contribution is 5.84. The number of hydrogen-bond donors (Lipinski definition) is 2. The number of rotatable bonds is 5. The van der Waals surface area contributed by atoms with Gasteiger partial charge in [0.2, 0.25) is 0 Å². The van der Waals surface area contributed by atoms with Crippen LogP contribution in [0.2, 0.25) is 0 Å². The lowest BCUT2D eigenvalue weighted by molar-refractivity contribution is 0.0690. The third-order valence-corrected chi connectivity index (χ3v) is 2.51. The van der Waals surface area contributed by atoms with E-state index in [1.165, 1.54) is 29.1 Å². The molecule has 7 nitrogen and oxygen atoms in total. The predicted octanol–water partition coefficient (Wildman–Crippen LogP) is 1.10. The minimum Gasteiger partial charge on any atom is -0.476 e. The van der Waals surface area contributed by atoms with Gasteiger partial charge in [0.15, 0.2) is 5.69 Å². The molecule has 1 heterocycles. The largest absolute Gasteiger partial charge is 0.476 e. The van der Waals surface area contributed by atoms with Crippen molar-refractivity contribution in [3.8, 4) is 6.07 Å². The molecule has 0 unspecified atom stereocenters. The summed E-state index contributed by atoms with van der Waals surface area (Å²) in [5.74, 6) is -1.71. The number of carbonyl (C=O) groups is 1. The van der Waals surface area contributed by atoms with E-state index in [9.17, 15) is 9.18 Å². The van der Waals surface area contributed by atoms with Gasteiger partial charge >= 0.3 is 5.97 Å². The SMILES string of the molecule is N#Cc1cc(NCCn2cc(C(=O)O)nn2)ccc1F. The first-order valence-corrected chi connectivity index (χ1v) is 5.67. The molecule has 0 aliphatic rings. The second kappa shape index (κ2) is 5.79. The van der Waals surface area contributed by atoms with Crippen molar-refractivity contribution in [3.63, 3.8) is 0 Å². The van der Waals surface area contributed by atoms with Crippen LogP contribution in [0.1, 0.15) is 16.1 Å². The normalized spacial score (nSPS) is 10.0. The summed E-state index contributed by atoms with van der Waals surface area (Å²) < 4.78 is 14.5. The van der Waals surface area contributed by atoms with E-state index in [1.54, 1.807) is 6.07 Å². The zero-order valence-electron chi connectivity index (χ0n) is 10.2. The van der Waals surface area contributed by atoms with Gasteiger partial charge in [0.1, 0.15) is 11.9 Å². The molecule has 2 rings (SSSR count). The molecule has 0 aliphatic carbocycles. The van der Waals surface area contributed by atoms with Gasteiger partial charge in [-0.25, -0.2) is 13.9 Å². The van der Waals surface area contributed by atoms with E-state index >= 15 is 0 Å². The van der Waals surface area contributed by atoms with Crippen LogP contribution in [-0.4, -0.2) is 32.6 Å². The standard InChI is InChI=1S/C12H10FN5O2/c13-10-2-1-9(5-8(10)6-14)15-3-4-18-7-11(12(19)20)16-17-18/h1-2,5,7,15H,3-4H2,(H,19,20). The fraction of sp³-hybridized carbons (Fsp3) is 0.167. The lowest BCUT2D eigenvalue weighted by atomic mass is 10.2. The molecule has 0 bridgehead atoms. The molecule has 0 atom stereocenters. The highest BCUT2D eigenvalue weighted by Crippen LogP contribution is 2.13. The summed E-state index contributed by atoms with van der Waals surface area (Å²) in [7, 11) is 0. The minimum absolute atomic E-state index is 0.0380. The molecule has 0 saturated carbocycles. The van der Waals surface area contributed by atoms with Gasteiger partial charge in [-0.2, -0.15) is 5.26 Å². The van der Waals surface area contributed by atoms with Crippen molar-refractivity contribution in [3.05, 3.63) is 41.5 Å². The number of anilines is 1. The third kappa shape index (κ3) is 3.08. The number of carboxylic acids is 1. The van der Waals surface area contributed by atoms with Crippen LogP contribution in [0, 0.1) is 17.1 Å². The van der Waals surface area contributed by atoms with Crippen molar-refractivity contribution in [1.29, 1.82) is 5.26 Å². The van der Waals surface area contributed by atoms with Crippen LogP contribution >= 0.6 is 0 Å². The topological polar surface area (TPSA) is 104 Å². The molecule has 0 saturated heterocycles. The maximum absolute atomic E-state index is 13.1. The summed E-state index contributed by atoms with van der Waals surface area (Å²) in [5.41, 5.74) is 0.434. The van der Waals surface area contributed by atoms with Crippen LogP contribution < -0.4 is 5.32 Å². The molecule has 2 aromatic rings. The van der Waals surface area contributed by atoms with Gasteiger partial charge in [0, 0.05) is 12.2 Å². The van der Waals surface area contributed by atoms with E-state index in [1.807, 2.05) is 0 Å². The average molecular weight is 275 g/mol. The van der Waals surface area contributed by atoms with Gasteiger partial charge in [0.05, 0.1) is 18.3 Å². The van der Waals surface area contributed by atoms with Crippen LogP contribution in [-0.2, 0) is 6.54 Å². The fourth-order valence-electron chi connectivity index (χ4n) is 1.54. The van der Waals surface area contributed by atoms with E-state index in [2.05, 4.69) is 15.6 Å². The Morgan fingerprint density at radius 3 is 3.00 bits per heavy atom. The van der Waals surface area contributed by atoms with Gasteiger partial charge in [-0.1, -0.05) is 5.21 Å². The summed E-state index contributed by atoms with van der Waals surface area (Å²) in [4.78, 5) is 10.6. The Bertz CT molecular complexity index is 677. The first kappa shape index (κ1) is 13.5. The summed E-state index contributed by atoms with van der Waals surface area (Å²) in [6, 6.07) is 5.88. The molecule has 20 heavy (non-hydrogen) atoms. The zero-order chi connectivity index (χ0) is 14.5. The quantitative estimate of drug-likeness (QED) is 0.846. The van der Waals surface area contributed by atoms with Gasteiger partial charge < -0.3 is 10.4 Å². The van der Waals surface area contributed by atoms with Crippen molar-refractivity contribution in [1.82, 2.24) is 15.0 Å². The van der Waals surface area contributed by atoms with Crippen LogP contribution in [0.3, 0.4) is 0 Å². The Labute approximate surface area is 113 Å². The first-order valence-electron chi connectivity index (χ1n) is 5.67. The van der Waals surface area contributed by atoms with Crippen molar-refractivity contribution in [2.75, 3.05) is 11.9 Å². The molecule has 1 aromatic heterocycles. The molecule has 0 fully saturated rings. The van der Waals surface area contributed by atoms with Crippen molar-refractivity contribution in [2.45, 2.75) is 6.54 Å². The molecule has 0 amide bonds. The summed E-state index contributed by atoms with van der Waals surface area (Å²) >= 11 is 0. The molecule has 0 spiro atoms.